The van der Waals surface area contributed by atoms with E-state index in [1.165, 1.54) is 11.8 Å². The number of carbonyl (C=O) groups is 1. The van der Waals surface area contributed by atoms with Crippen LogP contribution in [0.25, 0.3) is 0 Å². The van der Waals surface area contributed by atoms with Gasteiger partial charge in [-0.15, -0.1) is 0 Å². The fourth-order valence-corrected chi connectivity index (χ4v) is 5.55. The van der Waals surface area contributed by atoms with Gasteiger partial charge in [0, 0.05) is 0 Å². The highest BCUT2D eigenvalue weighted by atomic mass is 127. The van der Waals surface area contributed by atoms with Gasteiger partial charge in [0.2, 0.25) is 0 Å². The van der Waals surface area contributed by atoms with Gasteiger partial charge >= 0.3 is 0 Å². The lowest BCUT2D eigenvalue weighted by molar-refractivity contribution is -0.136. The second-order valence-corrected chi connectivity index (χ2v) is 10.2. The predicted molar refractivity (Wildman–Crippen MR) is 154 cm³/mol. The van der Waals surface area contributed by atoms with Gasteiger partial charge in [-0.1, -0.05) is 90.5 Å². The molecule has 0 fully saturated rings. The van der Waals surface area contributed by atoms with Crippen molar-refractivity contribution in [2.24, 2.45) is 5.10 Å². The molecule has 182 valence electrons. The smallest absolute Gasteiger partial charge is 0.281 e. The first kappa shape index (κ1) is 26.1. The number of amides is 1. The second kappa shape index (κ2) is 11.8. The highest BCUT2D eigenvalue weighted by Crippen LogP contribution is 2.33. The molecule has 36 heavy (non-hydrogen) atoms. The summed E-state index contributed by atoms with van der Waals surface area (Å²) in [6.07, 6.45) is 1.53. The quantitative estimate of drug-likeness (QED) is 0.133. The van der Waals surface area contributed by atoms with Gasteiger partial charge in [0.25, 0.3) is 5.91 Å². The Bertz CT molecular complexity index is 1320. The monoisotopic (exact) mass is 654 g/mol. The number of halogens is 2. The summed E-state index contributed by atoms with van der Waals surface area (Å²) in [7, 11) is 0. The Labute approximate surface area is 232 Å². The first-order valence-electron chi connectivity index (χ1n) is 11.2. The number of hydrogen-bond acceptors (Lipinski definition) is 4. The van der Waals surface area contributed by atoms with Gasteiger partial charge in [-0.3, -0.25) is 4.79 Å². The molecule has 7 heteroatoms. The molecular formula is C29H24BrIN2O3. The lowest BCUT2D eigenvalue weighted by Crippen LogP contribution is -2.43. The maximum Gasteiger partial charge on any atom is 0.281 e. The van der Waals surface area contributed by atoms with Crippen molar-refractivity contribution in [3.8, 4) is 5.75 Å². The summed E-state index contributed by atoms with van der Waals surface area (Å²) in [6.45, 7) is 2.51. The molecule has 0 aliphatic rings. The van der Waals surface area contributed by atoms with E-state index in [9.17, 15) is 9.90 Å². The zero-order valence-corrected chi connectivity index (χ0v) is 23.2. The third kappa shape index (κ3) is 6.03. The van der Waals surface area contributed by atoms with Crippen LogP contribution in [0.3, 0.4) is 0 Å². The van der Waals surface area contributed by atoms with Crippen molar-refractivity contribution in [2.45, 2.75) is 19.1 Å². The first-order chi connectivity index (χ1) is 17.4. The molecule has 4 aromatic carbocycles. The predicted octanol–water partition coefficient (Wildman–Crippen LogP) is 6.33. The number of aryl methyl sites for hydroxylation is 1. The molecule has 5 nitrogen and oxygen atoms in total. The van der Waals surface area contributed by atoms with Crippen molar-refractivity contribution in [2.75, 3.05) is 0 Å². The van der Waals surface area contributed by atoms with Gasteiger partial charge in [-0.05, 0) is 79.8 Å². The van der Waals surface area contributed by atoms with Gasteiger partial charge in [0.15, 0.2) is 5.60 Å². The van der Waals surface area contributed by atoms with Crippen molar-refractivity contribution in [1.82, 2.24) is 5.43 Å². The summed E-state index contributed by atoms with van der Waals surface area (Å²) in [5.41, 5.74) is 4.57. The molecule has 0 saturated carbocycles. The summed E-state index contributed by atoms with van der Waals surface area (Å²) >= 11 is 5.79. The number of hydrazone groups is 1. The molecule has 0 unspecified atom stereocenters. The molecule has 0 aliphatic heterocycles. The molecule has 2 N–H and O–H groups in total. The Balaban J connectivity index is 1.49. The van der Waals surface area contributed by atoms with Gasteiger partial charge in [-0.25, -0.2) is 5.43 Å². The molecule has 0 bridgehead atoms. The topological polar surface area (TPSA) is 70.9 Å². The van der Waals surface area contributed by atoms with E-state index in [4.69, 9.17) is 4.74 Å². The summed E-state index contributed by atoms with van der Waals surface area (Å²) in [6, 6.07) is 29.6. The van der Waals surface area contributed by atoms with Crippen LogP contribution in [0, 0.1) is 10.5 Å². The third-order valence-corrected chi connectivity index (χ3v) is 6.97. The maximum absolute atomic E-state index is 13.2. The number of nitrogens with one attached hydrogen (secondary N) is 1. The van der Waals surface area contributed by atoms with Crippen LogP contribution in [0.15, 0.2) is 107 Å². The average Bonchev–Trinajstić information content (AvgIpc) is 2.88. The van der Waals surface area contributed by atoms with Crippen molar-refractivity contribution in [3.63, 3.8) is 0 Å². The standard InChI is InChI=1S/C29H24BrIN2O3/c1-20-9-8-10-21(15-20)19-36-27-25(30)16-22(17-26(27)31)18-32-33-28(34)29(35,23-11-4-2-5-12-23)24-13-6-3-7-14-24/h2-18,35H,19H2,1H3,(H,33,34)/b32-18+. The fraction of sp³-hybridized carbons (Fsp3) is 0.103. The van der Waals surface area contributed by atoms with Gasteiger partial charge in [-0.2, -0.15) is 5.10 Å². The number of aliphatic hydroxyl groups is 1. The minimum Gasteiger partial charge on any atom is -0.487 e. The molecule has 0 aliphatic carbocycles. The zero-order valence-electron chi connectivity index (χ0n) is 19.5. The lowest BCUT2D eigenvalue weighted by atomic mass is 9.85. The van der Waals surface area contributed by atoms with Crippen molar-refractivity contribution in [3.05, 3.63) is 133 Å². The molecule has 0 saturated heterocycles. The van der Waals surface area contributed by atoms with E-state index in [1.807, 2.05) is 36.4 Å². The van der Waals surface area contributed by atoms with Crippen LogP contribution in [0.5, 0.6) is 5.75 Å². The molecule has 0 heterocycles. The molecule has 4 rings (SSSR count). The molecule has 0 aromatic heterocycles. The molecule has 4 aromatic rings. The van der Waals surface area contributed by atoms with Crippen LogP contribution in [0.4, 0.5) is 0 Å². The highest BCUT2D eigenvalue weighted by molar-refractivity contribution is 14.1. The summed E-state index contributed by atoms with van der Waals surface area (Å²) in [5, 5.41) is 15.6. The van der Waals surface area contributed by atoms with E-state index in [2.05, 4.69) is 68.1 Å². The van der Waals surface area contributed by atoms with Gasteiger partial charge in [0.1, 0.15) is 12.4 Å². The van der Waals surface area contributed by atoms with Crippen LogP contribution >= 0.6 is 38.5 Å². The van der Waals surface area contributed by atoms with Gasteiger partial charge < -0.3 is 9.84 Å². The summed E-state index contributed by atoms with van der Waals surface area (Å²) < 4.78 is 7.72. The Kier molecular flexibility index (Phi) is 8.56. The van der Waals surface area contributed by atoms with Crippen LogP contribution in [-0.2, 0) is 17.0 Å². The number of benzene rings is 4. The zero-order chi connectivity index (χ0) is 25.5. The highest BCUT2D eigenvalue weighted by Gasteiger charge is 2.39. The van der Waals surface area contributed by atoms with Crippen LogP contribution < -0.4 is 10.2 Å². The van der Waals surface area contributed by atoms with Gasteiger partial charge in [0.05, 0.1) is 14.3 Å². The molecule has 0 spiro atoms. The van der Waals surface area contributed by atoms with E-state index < -0.39 is 11.5 Å². The number of hydrogen-bond donors (Lipinski definition) is 2. The Hall–Kier alpha value is -3.01. The minimum absolute atomic E-state index is 0.455. The lowest BCUT2D eigenvalue weighted by Gasteiger charge is -2.27. The first-order valence-corrected chi connectivity index (χ1v) is 13.1. The Morgan fingerprint density at radius 3 is 2.22 bits per heavy atom. The third-order valence-electron chi connectivity index (χ3n) is 5.58. The second-order valence-electron chi connectivity index (χ2n) is 8.23. The fourth-order valence-electron chi connectivity index (χ4n) is 3.78. The number of carbonyl (C=O) groups excluding carboxylic acids is 1. The Morgan fingerprint density at radius 2 is 1.64 bits per heavy atom. The molecule has 0 atom stereocenters. The van der Waals surface area contributed by atoms with Crippen molar-refractivity contribution in [1.29, 1.82) is 0 Å². The van der Waals surface area contributed by atoms with E-state index in [0.29, 0.717) is 17.7 Å². The number of nitrogens with zero attached hydrogens (tertiary/aromatic N) is 1. The largest absolute Gasteiger partial charge is 0.487 e. The van der Waals surface area contributed by atoms with Crippen molar-refractivity contribution >= 4 is 50.6 Å². The number of ether oxygens (including phenoxy) is 1. The summed E-state index contributed by atoms with van der Waals surface area (Å²) in [5.74, 6) is 0.0869. The molecule has 1 amide bonds. The average molecular weight is 655 g/mol. The van der Waals surface area contributed by atoms with Crippen LogP contribution in [0.2, 0.25) is 0 Å². The maximum atomic E-state index is 13.2. The SMILES string of the molecule is Cc1cccc(COc2c(Br)cc(/C=N/NC(=O)C(O)(c3ccccc3)c3ccccc3)cc2I)c1. The molecular weight excluding hydrogens is 631 g/mol. The summed E-state index contributed by atoms with van der Waals surface area (Å²) in [4.78, 5) is 13.2. The molecule has 0 radical (unpaired) electrons. The Morgan fingerprint density at radius 1 is 1.00 bits per heavy atom. The van der Waals surface area contributed by atoms with E-state index in [0.717, 1.165) is 24.9 Å². The van der Waals surface area contributed by atoms with E-state index in [-0.39, 0.29) is 0 Å². The van der Waals surface area contributed by atoms with Crippen molar-refractivity contribution < 1.29 is 14.6 Å². The van der Waals surface area contributed by atoms with Crippen LogP contribution in [-0.4, -0.2) is 17.2 Å². The van der Waals surface area contributed by atoms with E-state index in [1.54, 1.807) is 48.5 Å². The number of rotatable bonds is 8. The normalized spacial score (nSPS) is 11.4. The van der Waals surface area contributed by atoms with E-state index >= 15 is 0 Å². The van der Waals surface area contributed by atoms with Crippen LogP contribution in [0.1, 0.15) is 27.8 Å². The minimum atomic E-state index is -1.89.